The molecule has 2 heteroatoms. The smallest absolute Gasteiger partial charge is 0.00874 e. The standard InChI is InChI=1S/C13H28N2/c1-4-13(12(2)3)14-8-7-11-15-9-5-6-10-15/h12-14H,4-11H2,1-3H3. The lowest BCUT2D eigenvalue weighted by atomic mass is 10.0. The first-order chi connectivity index (χ1) is 7.24. The summed E-state index contributed by atoms with van der Waals surface area (Å²) in [6.45, 7) is 12.0. The zero-order chi connectivity index (χ0) is 11.1. The van der Waals surface area contributed by atoms with E-state index in [1.54, 1.807) is 0 Å². The van der Waals surface area contributed by atoms with E-state index in [0.717, 1.165) is 5.92 Å². The van der Waals surface area contributed by atoms with Gasteiger partial charge >= 0.3 is 0 Å². The van der Waals surface area contributed by atoms with E-state index in [1.807, 2.05) is 0 Å². The quantitative estimate of drug-likeness (QED) is 0.652. The molecule has 0 aromatic rings. The summed E-state index contributed by atoms with van der Waals surface area (Å²) in [4.78, 5) is 2.60. The van der Waals surface area contributed by atoms with Crippen LogP contribution < -0.4 is 5.32 Å². The molecule has 1 rings (SSSR count). The van der Waals surface area contributed by atoms with Gasteiger partial charge in [0.1, 0.15) is 0 Å². The summed E-state index contributed by atoms with van der Waals surface area (Å²) in [7, 11) is 0. The molecular formula is C13H28N2. The predicted molar refractivity (Wildman–Crippen MR) is 67.2 cm³/mol. The van der Waals surface area contributed by atoms with Gasteiger partial charge < -0.3 is 10.2 Å². The highest BCUT2D eigenvalue weighted by molar-refractivity contribution is 4.70. The minimum Gasteiger partial charge on any atom is -0.314 e. The van der Waals surface area contributed by atoms with Crippen LogP contribution in [0.4, 0.5) is 0 Å². The molecule has 0 saturated carbocycles. The number of hydrogen-bond donors (Lipinski definition) is 1. The van der Waals surface area contributed by atoms with E-state index in [1.165, 1.54) is 51.9 Å². The third-order valence-electron chi connectivity index (χ3n) is 3.50. The zero-order valence-corrected chi connectivity index (χ0v) is 10.8. The molecule has 1 atom stereocenters. The fourth-order valence-corrected chi connectivity index (χ4v) is 2.45. The molecule has 1 aliphatic heterocycles. The SMILES string of the molecule is CCC(NCCCN1CCCC1)C(C)C. The Kier molecular flexibility index (Phi) is 6.26. The molecular weight excluding hydrogens is 184 g/mol. The summed E-state index contributed by atoms with van der Waals surface area (Å²) in [5.74, 6) is 0.766. The Labute approximate surface area is 95.4 Å². The second kappa shape index (κ2) is 7.24. The number of nitrogens with zero attached hydrogens (tertiary/aromatic N) is 1. The van der Waals surface area contributed by atoms with Gasteiger partial charge in [-0.3, -0.25) is 0 Å². The molecule has 90 valence electrons. The molecule has 0 spiro atoms. The van der Waals surface area contributed by atoms with E-state index in [0.29, 0.717) is 6.04 Å². The highest BCUT2D eigenvalue weighted by Crippen LogP contribution is 2.08. The largest absolute Gasteiger partial charge is 0.314 e. The minimum atomic E-state index is 0.712. The number of rotatable bonds is 7. The molecule has 0 aromatic heterocycles. The molecule has 0 aromatic carbocycles. The Morgan fingerprint density at radius 3 is 2.40 bits per heavy atom. The van der Waals surface area contributed by atoms with Gasteiger partial charge in [-0.25, -0.2) is 0 Å². The number of nitrogens with one attached hydrogen (secondary N) is 1. The minimum absolute atomic E-state index is 0.712. The van der Waals surface area contributed by atoms with Crippen molar-refractivity contribution < 1.29 is 0 Å². The van der Waals surface area contributed by atoms with Crippen molar-refractivity contribution in [3.05, 3.63) is 0 Å². The van der Waals surface area contributed by atoms with Crippen LogP contribution in [0.1, 0.15) is 46.5 Å². The van der Waals surface area contributed by atoms with Crippen molar-refractivity contribution in [2.45, 2.75) is 52.5 Å². The van der Waals surface area contributed by atoms with Gasteiger partial charge in [0.25, 0.3) is 0 Å². The Bertz CT molecular complexity index is 151. The van der Waals surface area contributed by atoms with E-state index in [9.17, 15) is 0 Å². The molecule has 1 N–H and O–H groups in total. The van der Waals surface area contributed by atoms with Crippen molar-refractivity contribution in [3.8, 4) is 0 Å². The summed E-state index contributed by atoms with van der Waals surface area (Å²) in [6, 6.07) is 0.712. The summed E-state index contributed by atoms with van der Waals surface area (Å²) >= 11 is 0. The molecule has 1 saturated heterocycles. The van der Waals surface area contributed by atoms with Gasteiger partial charge in [-0.1, -0.05) is 20.8 Å². The first kappa shape index (κ1) is 13.0. The van der Waals surface area contributed by atoms with Crippen molar-refractivity contribution in [2.75, 3.05) is 26.2 Å². The van der Waals surface area contributed by atoms with Gasteiger partial charge in [0, 0.05) is 6.04 Å². The van der Waals surface area contributed by atoms with Crippen LogP contribution in [0.3, 0.4) is 0 Å². The van der Waals surface area contributed by atoms with E-state index in [-0.39, 0.29) is 0 Å². The molecule has 0 bridgehead atoms. The van der Waals surface area contributed by atoms with Crippen molar-refractivity contribution >= 4 is 0 Å². The lowest BCUT2D eigenvalue weighted by Gasteiger charge is -2.21. The highest BCUT2D eigenvalue weighted by Gasteiger charge is 2.12. The van der Waals surface area contributed by atoms with E-state index in [4.69, 9.17) is 0 Å². The molecule has 1 heterocycles. The second-order valence-corrected chi connectivity index (χ2v) is 5.12. The third kappa shape index (κ3) is 4.98. The van der Waals surface area contributed by atoms with Crippen LogP contribution in [-0.2, 0) is 0 Å². The maximum Gasteiger partial charge on any atom is 0.00874 e. The average Bonchev–Trinajstić information content (AvgIpc) is 2.70. The maximum atomic E-state index is 3.67. The first-order valence-corrected chi connectivity index (χ1v) is 6.69. The molecule has 1 unspecified atom stereocenters. The van der Waals surface area contributed by atoms with Gasteiger partial charge in [0.05, 0.1) is 0 Å². The number of likely N-dealkylation sites (tertiary alicyclic amines) is 1. The Morgan fingerprint density at radius 1 is 1.20 bits per heavy atom. The summed E-state index contributed by atoms with van der Waals surface area (Å²) < 4.78 is 0. The first-order valence-electron chi connectivity index (χ1n) is 6.69. The summed E-state index contributed by atoms with van der Waals surface area (Å²) in [5.41, 5.74) is 0. The van der Waals surface area contributed by atoms with Gasteiger partial charge in [-0.15, -0.1) is 0 Å². The molecule has 0 radical (unpaired) electrons. The van der Waals surface area contributed by atoms with E-state index < -0.39 is 0 Å². The van der Waals surface area contributed by atoms with Gasteiger partial charge in [0.15, 0.2) is 0 Å². The van der Waals surface area contributed by atoms with Crippen LogP contribution in [0.5, 0.6) is 0 Å². The van der Waals surface area contributed by atoms with Gasteiger partial charge in [-0.05, 0) is 57.8 Å². The van der Waals surface area contributed by atoms with Gasteiger partial charge in [0.2, 0.25) is 0 Å². The van der Waals surface area contributed by atoms with Crippen LogP contribution in [0.15, 0.2) is 0 Å². The Hall–Kier alpha value is -0.0800. The zero-order valence-electron chi connectivity index (χ0n) is 10.8. The van der Waals surface area contributed by atoms with Crippen molar-refractivity contribution in [3.63, 3.8) is 0 Å². The molecule has 1 fully saturated rings. The molecule has 15 heavy (non-hydrogen) atoms. The molecule has 2 nitrogen and oxygen atoms in total. The van der Waals surface area contributed by atoms with Crippen LogP contribution in [0.2, 0.25) is 0 Å². The lowest BCUT2D eigenvalue weighted by Crippen LogP contribution is -2.35. The fraction of sp³-hybridized carbons (Fsp3) is 1.00. The summed E-state index contributed by atoms with van der Waals surface area (Å²) in [5, 5.41) is 3.67. The van der Waals surface area contributed by atoms with Crippen LogP contribution in [0.25, 0.3) is 0 Å². The second-order valence-electron chi connectivity index (χ2n) is 5.12. The normalized spacial score (nSPS) is 20.0. The molecule has 0 amide bonds. The summed E-state index contributed by atoms with van der Waals surface area (Å²) in [6.07, 6.45) is 5.39. The van der Waals surface area contributed by atoms with E-state index >= 15 is 0 Å². The molecule has 1 aliphatic rings. The Morgan fingerprint density at radius 2 is 1.87 bits per heavy atom. The highest BCUT2D eigenvalue weighted by atomic mass is 15.1. The van der Waals surface area contributed by atoms with Crippen molar-refractivity contribution in [2.24, 2.45) is 5.92 Å². The van der Waals surface area contributed by atoms with Crippen LogP contribution in [-0.4, -0.2) is 37.1 Å². The maximum absolute atomic E-state index is 3.67. The molecule has 0 aliphatic carbocycles. The van der Waals surface area contributed by atoms with E-state index in [2.05, 4.69) is 31.0 Å². The monoisotopic (exact) mass is 212 g/mol. The van der Waals surface area contributed by atoms with Crippen LogP contribution in [0, 0.1) is 5.92 Å². The van der Waals surface area contributed by atoms with Crippen molar-refractivity contribution in [1.29, 1.82) is 0 Å². The third-order valence-corrected chi connectivity index (χ3v) is 3.50. The van der Waals surface area contributed by atoms with Crippen molar-refractivity contribution in [1.82, 2.24) is 10.2 Å². The Balaban J connectivity index is 1.99. The predicted octanol–water partition coefficient (Wildman–Crippen LogP) is 2.50. The average molecular weight is 212 g/mol. The van der Waals surface area contributed by atoms with Gasteiger partial charge in [-0.2, -0.15) is 0 Å². The number of hydrogen-bond acceptors (Lipinski definition) is 2. The fourth-order valence-electron chi connectivity index (χ4n) is 2.45. The lowest BCUT2D eigenvalue weighted by molar-refractivity contribution is 0.317. The van der Waals surface area contributed by atoms with Crippen LogP contribution >= 0.6 is 0 Å². The topological polar surface area (TPSA) is 15.3 Å².